The van der Waals surface area contributed by atoms with Gasteiger partial charge in [0.05, 0.1) is 0 Å². The number of rotatable bonds is 6. The number of nitrogens with zero attached hydrogens (tertiary/aromatic N) is 1. The molecule has 1 saturated heterocycles. The summed E-state index contributed by atoms with van der Waals surface area (Å²) < 4.78 is 0. The van der Waals surface area contributed by atoms with Crippen LogP contribution >= 0.6 is 0 Å². The van der Waals surface area contributed by atoms with Crippen LogP contribution in [0, 0.1) is 5.92 Å². The number of likely N-dealkylation sites (tertiary alicyclic amines) is 1. The Labute approximate surface area is 123 Å². The lowest BCUT2D eigenvalue weighted by molar-refractivity contribution is 0.276. The highest BCUT2D eigenvalue weighted by molar-refractivity contribution is 5.14. The SMILES string of the molecule is C=C(N)C1CCCN(CCCCc2ccccc2)CC1. The highest BCUT2D eigenvalue weighted by Crippen LogP contribution is 2.21. The summed E-state index contributed by atoms with van der Waals surface area (Å²) in [6.07, 6.45) is 7.46. The molecule has 2 N–H and O–H groups in total. The molecule has 1 atom stereocenters. The van der Waals surface area contributed by atoms with Crippen LogP contribution in [0.1, 0.15) is 37.7 Å². The third-order valence-electron chi connectivity index (χ3n) is 4.38. The molecule has 0 aliphatic carbocycles. The van der Waals surface area contributed by atoms with Crippen LogP contribution in [0.25, 0.3) is 0 Å². The van der Waals surface area contributed by atoms with Crippen LogP contribution < -0.4 is 5.73 Å². The first-order valence-corrected chi connectivity index (χ1v) is 7.96. The maximum atomic E-state index is 5.86. The summed E-state index contributed by atoms with van der Waals surface area (Å²) in [6, 6.07) is 10.8. The largest absolute Gasteiger partial charge is 0.402 e. The first kappa shape index (κ1) is 15.1. The van der Waals surface area contributed by atoms with E-state index in [2.05, 4.69) is 41.8 Å². The Morgan fingerprint density at radius 1 is 1.15 bits per heavy atom. The average Bonchev–Trinajstić information content (AvgIpc) is 2.70. The third kappa shape index (κ3) is 5.01. The summed E-state index contributed by atoms with van der Waals surface area (Å²) in [5, 5.41) is 0. The summed E-state index contributed by atoms with van der Waals surface area (Å²) in [5.74, 6) is 0.546. The predicted molar refractivity (Wildman–Crippen MR) is 86.5 cm³/mol. The van der Waals surface area contributed by atoms with Crippen molar-refractivity contribution in [3.63, 3.8) is 0 Å². The van der Waals surface area contributed by atoms with Crippen molar-refractivity contribution < 1.29 is 0 Å². The van der Waals surface area contributed by atoms with E-state index >= 15 is 0 Å². The van der Waals surface area contributed by atoms with Crippen LogP contribution in [-0.2, 0) is 6.42 Å². The predicted octanol–water partition coefficient (Wildman–Crippen LogP) is 3.58. The molecule has 0 amide bonds. The smallest absolute Gasteiger partial charge is 0.00395 e. The molecule has 1 unspecified atom stereocenters. The minimum absolute atomic E-state index is 0.546. The summed E-state index contributed by atoms with van der Waals surface area (Å²) in [6.45, 7) is 7.56. The fourth-order valence-corrected chi connectivity index (χ4v) is 3.06. The summed E-state index contributed by atoms with van der Waals surface area (Å²) in [7, 11) is 0. The summed E-state index contributed by atoms with van der Waals surface area (Å²) in [4.78, 5) is 2.61. The molecule has 0 spiro atoms. The van der Waals surface area contributed by atoms with Gasteiger partial charge in [-0.15, -0.1) is 0 Å². The molecular weight excluding hydrogens is 244 g/mol. The molecule has 0 radical (unpaired) electrons. The Kier molecular flexibility index (Phi) is 6.13. The van der Waals surface area contributed by atoms with E-state index in [1.54, 1.807) is 0 Å². The Morgan fingerprint density at radius 3 is 2.70 bits per heavy atom. The fraction of sp³-hybridized carbons (Fsp3) is 0.556. The van der Waals surface area contributed by atoms with Gasteiger partial charge in [0.25, 0.3) is 0 Å². The van der Waals surface area contributed by atoms with Crippen molar-refractivity contribution in [1.29, 1.82) is 0 Å². The normalized spacial score (nSPS) is 20.5. The second kappa shape index (κ2) is 8.11. The Bertz CT molecular complexity index is 399. The van der Waals surface area contributed by atoms with E-state index < -0.39 is 0 Å². The molecule has 0 saturated carbocycles. The number of hydrogen-bond donors (Lipinski definition) is 1. The second-order valence-corrected chi connectivity index (χ2v) is 5.99. The van der Waals surface area contributed by atoms with Gasteiger partial charge >= 0.3 is 0 Å². The maximum absolute atomic E-state index is 5.86. The van der Waals surface area contributed by atoms with Crippen molar-refractivity contribution in [2.45, 2.75) is 38.5 Å². The molecule has 2 nitrogen and oxygen atoms in total. The zero-order valence-electron chi connectivity index (χ0n) is 12.6. The number of benzene rings is 1. The first-order valence-electron chi connectivity index (χ1n) is 7.96. The van der Waals surface area contributed by atoms with Gasteiger partial charge in [-0.05, 0) is 69.6 Å². The number of allylic oxidation sites excluding steroid dienone is 1. The first-order chi connectivity index (χ1) is 9.75. The highest BCUT2D eigenvalue weighted by Gasteiger charge is 2.17. The zero-order valence-corrected chi connectivity index (χ0v) is 12.6. The van der Waals surface area contributed by atoms with E-state index in [4.69, 9.17) is 5.73 Å². The van der Waals surface area contributed by atoms with Gasteiger partial charge in [0.1, 0.15) is 0 Å². The number of hydrogen-bond acceptors (Lipinski definition) is 2. The molecule has 110 valence electrons. The molecular formula is C18H28N2. The van der Waals surface area contributed by atoms with Crippen molar-refractivity contribution in [2.24, 2.45) is 11.7 Å². The van der Waals surface area contributed by atoms with Crippen LogP contribution in [0.4, 0.5) is 0 Å². The molecule has 20 heavy (non-hydrogen) atoms. The molecule has 1 aliphatic rings. The molecule has 0 aromatic heterocycles. The Hall–Kier alpha value is -1.28. The van der Waals surface area contributed by atoms with E-state index in [0.717, 1.165) is 5.70 Å². The van der Waals surface area contributed by atoms with Crippen molar-refractivity contribution in [2.75, 3.05) is 19.6 Å². The van der Waals surface area contributed by atoms with Crippen LogP contribution in [0.2, 0.25) is 0 Å². The Morgan fingerprint density at radius 2 is 1.95 bits per heavy atom. The maximum Gasteiger partial charge on any atom is 0.00395 e. The van der Waals surface area contributed by atoms with Crippen molar-refractivity contribution in [1.82, 2.24) is 4.90 Å². The average molecular weight is 272 g/mol. The van der Waals surface area contributed by atoms with Gasteiger partial charge in [-0.3, -0.25) is 0 Å². The van der Waals surface area contributed by atoms with E-state index in [0.29, 0.717) is 5.92 Å². The molecule has 1 heterocycles. The lowest BCUT2D eigenvalue weighted by Crippen LogP contribution is -2.26. The molecule has 0 bridgehead atoms. The second-order valence-electron chi connectivity index (χ2n) is 5.99. The number of nitrogens with two attached hydrogens (primary N) is 1. The van der Waals surface area contributed by atoms with Gasteiger partial charge in [0, 0.05) is 5.70 Å². The summed E-state index contributed by atoms with van der Waals surface area (Å²) >= 11 is 0. The molecule has 2 rings (SSSR count). The van der Waals surface area contributed by atoms with Crippen LogP contribution in [0.5, 0.6) is 0 Å². The summed E-state index contributed by atoms with van der Waals surface area (Å²) in [5.41, 5.74) is 8.20. The molecule has 1 aromatic rings. The van der Waals surface area contributed by atoms with Crippen molar-refractivity contribution in [3.05, 3.63) is 48.2 Å². The molecule has 1 fully saturated rings. The topological polar surface area (TPSA) is 29.3 Å². The lowest BCUT2D eigenvalue weighted by atomic mass is 9.98. The Balaban J connectivity index is 1.63. The van der Waals surface area contributed by atoms with Gasteiger partial charge in [-0.2, -0.15) is 0 Å². The fourth-order valence-electron chi connectivity index (χ4n) is 3.06. The molecule has 2 heteroatoms. The van der Waals surface area contributed by atoms with Gasteiger partial charge in [0.15, 0.2) is 0 Å². The minimum Gasteiger partial charge on any atom is -0.402 e. The minimum atomic E-state index is 0.546. The molecule has 1 aromatic carbocycles. The van der Waals surface area contributed by atoms with Gasteiger partial charge in [-0.25, -0.2) is 0 Å². The van der Waals surface area contributed by atoms with Gasteiger partial charge < -0.3 is 10.6 Å². The zero-order chi connectivity index (χ0) is 14.2. The van der Waals surface area contributed by atoms with E-state index in [-0.39, 0.29) is 0 Å². The third-order valence-corrected chi connectivity index (χ3v) is 4.38. The van der Waals surface area contributed by atoms with E-state index in [1.165, 1.54) is 63.7 Å². The number of aryl methyl sites for hydroxylation is 1. The van der Waals surface area contributed by atoms with Crippen molar-refractivity contribution in [3.8, 4) is 0 Å². The van der Waals surface area contributed by atoms with Crippen molar-refractivity contribution >= 4 is 0 Å². The van der Waals surface area contributed by atoms with E-state index in [1.807, 2.05) is 0 Å². The molecule has 1 aliphatic heterocycles. The standard InChI is InChI=1S/C18H28N2/c1-16(19)18-11-7-14-20(15-12-18)13-6-5-10-17-8-3-2-4-9-17/h2-4,8-9,18H,1,5-7,10-15,19H2. The quantitative estimate of drug-likeness (QED) is 0.802. The van der Waals surface area contributed by atoms with Gasteiger partial charge in [0.2, 0.25) is 0 Å². The van der Waals surface area contributed by atoms with Crippen LogP contribution in [-0.4, -0.2) is 24.5 Å². The lowest BCUT2D eigenvalue weighted by Gasteiger charge is -2.20. The van der Waals surface area contributed by atoms with Gasteiger partial charge in [-0.1, -0.05) is 36.9 Å². The monoisotopic (exact) mass is 272 g/mol. The highest BCUT2D eigenvalue weighted by atomic mass is 15.1. The number of unbranched alkanes of at least 4 members (excludes halogenated alkanes) is 1. The van der Waals surface area contributed by atoms with Crippen LogP contribution in [0.15, 0.2) is 42.6 Å². The van der Waals surface area contributed by atoms with E-state index in [9.17, 15) is 0 Å². The van der Waals surface area contributed by atoms with Crippen LogP contribution in [0.3, 0.4) is 0 Å².